The van der Waals surface area contributed by atoms with E-state index < -0.39 is 6.04 Å². The highest BCUT2D eigenvalue weighted by Gasteiger charge is 2.51. The number of hydrogen-bond donors (Lipinski definition) is 2. The highest BCUT2D eigenvalue weighted by atomic mass is 16.5. The highest BCUT2D eigenvalue weighted by Crippen LogP contribution is 2.44. The second-order valence-corrected chi connectivity index (χ2v) is 7.71. The monoisotopic (exact) mass is 357 g/mol. The molecule has 3 atom stereocenters. The number of carbonyl (C=O) groups excluding carboxylic acids is 2. The van der Waals surface area contributed by atoms with Crippen LogP contribution in [0.15, 0.2) is 24.3 Å². The summed E-state index contributed by atoms with van der Waals surface area (Å²) in [6.07, 6.45) is 4.96. The maximum Gasteiger partial charge on any atom is 0.249 e. The van der Waals surface area contributed by atoms with Gasteiger partial charge in [0.2, 0.25) is 11.8 Å². The number of benzene rings is 1. The lowest BCUT2D eigenvalue weighted by molar-refractivity contribution is -0.136. The van der Waals surface area contributed by atoms with Gasteiger partial charge in [-0.25, -0.2) is 0 Å². The van der Waals surface area contributed by atoms with Crippen molar-refractivity contribution in [2.75, 3.05) is 31.6 Å². The van der Waals surface area contributed by atoms with Crippen molar-refractivity contribution in [2.24, 2.45) is 11.3 Å². The summed E-state index contributed by atoms with van der Waals surface area (Å²) >= 11 is 0. The zero-order valence-corrected chi connectivity index (χ0v) is 15.3. The Balaban J connectivity index is 1.48. The molecule has 0 bridgehead atoms. The Morgan fingerprint density at radius 3 is 3.00 bits per heavy atom. The molecule has 2 saturated heterocycles. The fraction of sp³-hybridized carbons (Fsp3) is 0.600. The third-order valence-corrected chi connectivity index (χ3v) is 6.38. The van der Waals surface area contributed by atoms with Crippen molar-refractivity contribution in [3.8, 4) is 5.75 Å². The van der Waals surface area contributed by atoms with E-state index in [9.17, 15) is 9.59 Å². The molecule has 2 N–H and O–H groups in total. The number of carbonyl (C=O) groups is 2. The molecule has 1 aromatic carbocycles. The first-order valence-electron chi connectivity index (χ1n) is 9.62. The van der Waals surface area contributed by atoms with Gasteiger partial charge in [0.15, 0.2) is 0 Å². The van der Waals surface area contributed by atoms with Gasteiger partial charge in [0.25, 0.3) is 0 Å². The summed E-state index contributed by atoms with van der Waals surface area (Å²) in [5.41, 5.74) is 0.448. The van der Waals surface area contributed by atoms with E-state index >= 15 is 0 Å². The molecule has 3 fully saturated rings. The van der Waals surface area contributed by atoms with E-state index in [1.807, 2.05) is 24.3 Å². The van der Waals surface area contributed by atoms with Crippen molar-refractivity contribution < 1.29 is 14.3 Å². The molecule has 1 unspecified atom stereocenters. The summed E-state index contributed by atoms with van der Waals surface area (Å²) in [5, 5.41) is 6.49. The largest absolute Gasteiger partial charge is 0.495 e. The molecule has 0 aromatic heterocycles. The van der Waals surface area contributed by atoms with Crippen LogP contribution in [0.3, 0.4) is 0 Å². The van der Waals surface area contributed by atoms with Gasteiger partial charge < -0.3 is 20.3 Å². The van der Waals surface area contributed by atoms with Crippen molar-refractivity contribution in [1.29, 1.82) is 0 Å². The van der Waals surface area contributed by atoms with Gasteiger partial charge in [-0.2, -0.15) is 0 Å². The van der Waals surface area contributed by atoms with Crippen LogP contribution in [0.2, 0.25) is 0 Å². The molecule has 0 spiro atoms. The lowest BCUT2D eigenvalue weighted by Gasteiger charge is -2.37. The Morgan fingerprint density at radius 2 is 2.15 bits per heavy atom. The van der Waals surface area contributed by atoms with Crippen LogP contribution in [-0.4, -0.2) is 44.6 Å². The fourth-order valence-electron chi connectivity index (χ4n) is 4.90. The van der Waals surface area contributed by atoms with E-state index in [0.29, 0.717) is 24.6 Å². The zero-order valence-electron chi connectivity index (χ0n) is 15.3. The number of methoxy groups -OCH3 is 1. The van der Waals surface area contributed by atoms with Gasteiger partial charge in [-0.3, -0.25) is 9.59 Å². The molecule has 6 heteroatoms. The molecule has 1 aliphatic carbocycles. The molecule has 1 aromatic rings. The normalized spacial score (nSPS) is 31.0. The summed E-state index contributed by atoms with van der Waals surface area (Å²) in [5.74, 6) is 1.10. The zero-order chi connectivity index (χ0) is 18.1. The van der Waals surface area contributed by atoms with E-state index in [1.54, 1.807) is 12.0 Å². The van der Waals surface area contributed by atoms with Crippen LogP contribution in [0.4, 0.5) is 5.69 Å². The number of para-hydroxylation sites is 2. The topological polar surface area (TPSA) is 70.7 Å². The number of rotatable bonds is 4. The third kappa shape index (κ3) is 2.76. The summed E-state index contributed by atoms with van der Waals surface area (Å²) in [4.78, 5) is 27.8. The fourth-order valence-corrected chi connectivity index (χ4v) is 4.90. The number of nitrogens with one attached hydrogen (secondary N) is 2. The van der Waals surface area contributed by atoms with Gasteiger partial charge in [0, 0.05) is 13.1 Å². The quantitative estimate of drug-likeness (QED) is 0.860. The number of fused-ring (bicyclic) bond motifs is 1. The van der Waals surface area contributed by atoms with Crippen molar-refractivity contribution in [1.82, 2.24) is 10.6 Å². The van der Waals surface area contributed by atoms with Crippen molar-refractivity contribution in [3.63, 3.8) is 0 Å². The minimum atomic E-state index is -0.440. The second-order valence-electron chi connectivity index (χ2n) is 7.71. The SMILES string of the molecule is COc1ccccc1N1CCC(NC(=O)[C@@]23CCCC[C@H]2CNC3)C1=O. The molecule has 2 aliphatic heterocycles. The molecule has 3 aliphatic rings. The number of ether oxygens (including phenoxy) is 1. The predicted octanol–water partition coefficient (Wildman–Crippen LogP) is 1.70. The first kappa shape index (κ1) is 17.3. The van der Waals surface area contributed by atoms with Crippen LogP contribution >= 0.6 is 0 Å². The van der Waals surface area contributed by atoms with E-state index in [4.69, 9.17) is 4.74 Å². The number of amides is 2. The van der Waals surface area contributed by atoms with Crippen LogP contribution in [-0.2, 0) is 9.59 Å². The van der Waals surface area contributed by atoms with Crippen molar-refractivity contribution >= 4 is 17.5 Å². The van der Waals surface area contributed by atoms with Crippen LogP contribution in [0.1, 0.15) is 32.1 Å². The summed E-state index contributed by atoms with van der Waals surface area (Å²) in [6.45, 7) is 2.25. The second kappa shape index (κ2) is 6.91. The highest BCUT2D eigenvalue weighted by molar-refractivity contribution is 6.02. The smallest absolute Gasteiger partial charge is 0.249 e. The number of anilines is 1. The Bertz CT molecular complexity index is 707. The predicted molar refractivity (Wildman–Crippen MR) is 99.2 cm³/mol. The van der Waals surface area contributed by atoms with Crippen LogP contribution < -0.4 is 20.3 Å². The van der Waals surface area contributed by atoms with Gasteiger partial charge in [-0.15, -0.1) is 0 Å². The molecule has 2 amide bonds. The molecule has 26 heavy (non-hydrogen) atoms. The van der Waals surface area contributed by atoms with E-state index in [1.165, 1.54) is 6.42 Å². The Kier molecular flexibility index (Phi) is 4.61. The molecular weight excluding hydrogens is 330 g/mol. The maximum absolute atomic E-state index is 13.1. The Hall–Kier alpha value is -2.08. The first-order chi connectivity index (χ1) is 12.7. The number of hydrogen-bond acceptors (Lipinski definition) is 4. The Labute approximate surface area is 154 Å². The van der Waals surface area contributed by atoms with Crippen molar-refractivity contribution in [2.45, 2.75) is 38.1 Å². The molecule has 140 valence electrons. The summed E-state index contributed by atoms with van der Waals surface area (Å²) < 4.78 is 5.38. The van der Waals surface area contributed by atoms with Crippen LogP contribution in [0.25, 0.3) is 0 Å². The van der Waals surface area contributed by atoms with E-state index in [0.717, 1.165) is 38.0 Å². The number of nitrogens with zero attached hydrogens (tertiary/aromatic N) is 1. The third-order valence-electron chi connectivity index (χ3n) is 6.38. The molecular formula is C20H27N3O3. The lowest BCUT2D eigenvalue weighted by atomic mass is 9.67. The van der Waals surface area contributed by atoms with E-state index in [-0.39, 0.29) is 17.2 Å². The molecule has 6 nitrogen and oxygen atoms in total. The van der Waals surface area contributed by atoms with E-state index in [2.05, 4.69) is 10.6 Å². The molecule has 1 saturated carbocycles. The van der Waals surface area contributed by atoms with Gasteiger partial charge in [0.05, 0.1) is 18.2 Å². The average Bonchev–Trinajstić information content (AvgIpc) is 3.26. The van der Waals surface area contributed by atoms with Gasteiger partial charge in [0.1, 0.15) is 11.8 Å². The lowest BCUT2D eigenvalue weighted by Crippen LogP contribution is -2.52. The minimum Gasteiger partial charge on any atom is -0.495 e. The van der Waals surface area contributed by atoms with Crippen molar-refractivity contribution in [3.05, 3.63) is 24.3 Å². The van der Waals surface area contributed by atoms with Gasteiger partial charge in [-0.1, -0.05) is 25.0 Å². The first-order valence-corrected chi connectivity index (χ1v) is 9.62. The van der Waals surface area contributed by atoms with Crippen LogP contribution in [0.5, 0.6) is 5.75 Å². The molecule has 4 rings (SSSR count). The molecule has 2 heterocycles. The standard InChI is InChI=1S/C20H27N3O3/c1-26-17-8-3-2-7-16(17)23-11-9-15(18(23)24)22-19(25)20-10-5-4-6-14(20)12-21-13-20/h2-3,7-8,14-15,21H,4-6,9-13H2,1H3,(H,22,25)/t14-,15?,20+/m0/s1. The average molecular weight is 357 g/mol. The maximum atomic E-state index is 13.1. The minimum absolute atomic E-state index is 0.0439. The molecule has 0 radical (unpaired) electrons. The Morgan fingerprint density at radius 1 is 1.31 bits per heavy atom. The van der Waals surface area contributed by atoms with Crippen LogP contribution in [0, 0.1) is 11.3 Å². The summed E-state index contributed by atoms with van der Waals surface area (Å²) in [7, 11) is 1.61. The van der Waals surface area contributed by atoms with Gasteiger partial charge in [-0.05, 0) is 43.9 Å². The summed E-state index contributed by atoms with van der Waals surface area (Å²) in [6, 6.07) is 7.08. The van der Waals surface area contributed by atoms with Gasteiger partial charge >= 0.3 is 0 Å².